The van der Waals surface area contributed by atoms with Crippen LogP contribution >= 0.6 is 0 Å². The predicted molar refractivity (Wildman–Crippen MR) is 89.2 cm³/mol. The molecule has 0 aliphatic heterocycles. The van der Waals surface area contributed by atoms with Gasteiger partial charge in [-0.1, -0.05) is 30.3 Å². The molecule has 1 N–H and O–H groups in total. The maximum atomic E-state index is 13.2. The Labute approximate surface area is 137 Å². The average molecular weight is 336 g/mol. The van der Waals surface area contributed by atoms with Gasteiger partial charge >= 0.3 is 0 Å². The molecule has 23 heavy (non-hydrogen) atoms. The fourth-order valence-electron chi connectivity index (χ4n) is 2.43. The Bertz CT molecular complexity index is 761. The zero-order valence-electron chi connectivity index (χ0n) is 13.5. The Morgan fingerprint density at radius 2 is 1.78 bits per heavy atom. The molecule has 2 aromatic rings. The van der Waals surface area contributed by atoms with Crippen molar-refractivity contribution in [2.45, 2.75) is 17.9 Å². The van der Waals surface area contributed by atoms with E-state index in [4.69, 9.17) is 0 Å². The van der Waals surface area contributed by atoms with Crippen LogP contribution in [0.4, 0.5) is 4.39 Å². The first-order valence-corrected chi connectivity index (χ1v) is 8.76. The summed E-state index contributed by atoms with van der Waals surface area (Å²) in [6, 6.07) is 12.7. The van der Waals surface area contributed by atoms with Crippen molar-refractivity contribution in [3.63, 3.8) is 0 Å². The normalized spacial score (nSPS) is 13.3. The van der Waals surface area contributed by atoms with E-state index >= 15 is 0 Å². The fraction of sp³-hybridized carbons (Fsp3) is 0.294. The van der Waals surface area contributed by atoms with Gasteiger partial charge < -0.3 is 4.90 Å². The van der Waals surface area contributed by atoms with Crippen molar-refractivity contribution in [1.29, 1.82) is 0 Å². The van der Waals surface area contributed by atoms with Crippen molar-refractivity contribution in [1.82, 2.24) is 9.62 Å². The molecule has 0 aromatic heterocycles. The van der Waals surface area contributed by atoms with Gasteiger partial charge in [-0.3, -0.25) is 0 Å². The minimum absolute atomic E-state index is 0.0959. The molecule has 0 fully saturated rings. The third-order valence-electron chi connectivity index (χ3n) is 3.47. The van der Waals surface area contributed by atoms with Gasteiger partial charge in [0.2, 0.25) is 10.0 Å². The van der Waals surface area contributed by atoms with Crippen LogP contribution in [-0.2, 0) is 10.0 Å². The number of rotatable bonds is 6. The number of likely N-dealkylation sites (N-methyl/N-ethyl adjacent to an activating group) is 1. The molecule has 4 nitrogen and oxygen atoms in total. The molecular formula is C17H21FN2O2S. The fourth-order valence-corrected chi connectivity index (χ4v) is 3.87. The molecule has 124 valence electrons. The molecule has 0 aliphatic rings. The van der Waals surface area contributed by atoms with Gasteiger partial charge in [-0.15, -0.1) is 0 Å². The molecule has 1 unspecified atom stereocenters. The number of hydrogen-bond acceptors (Lipinski definition) is 3. The summed E-state index contributed by atoms with van der Waals surface area (Å²) in [6.07, 6.45) is 0. The number of aryl methyl sites for hydroxylation is 1. The number of nitrogens with one attached hydrogen (secondary N) is 1. The summed E-state index contributed by atoms with van der Waals surface area (Å²) in [5.41, 5.74) is 1.26. The molecule has 0 saturated carbocycles. The van der Waals surface area contributed by atoms with E-state index in [2.05, 4.69) is 4.72 Å². The summed E-state index contributed by atoms with van der Waals surface area (Å²) in [6.45, 7) is 2.10. The SMILES string of the molecule is Cc1cc(F)ccc1S(=O)(=O)NC(CN(C)C)c1ccccc1. The third-order valence-corrected chi connectivity index (χ3v) is 5.11. The first kappa shape index (κ1) is 17.6. The van der Waals surface area contributed by atoms with Crippen LogP contribution in [0.2, 0.25) is 0 Å². The summed E-state index contributed by atoms with van der Waals surface area (Å²) in [5, 5.41) is 0. The second-order valence-corrected chi connectivity index (χ2v) is 7.44. The first-order valence-electron chi connectivity index (χ1n) is 7.28. The summed E-state index contributed by atoms with van der Waals surface area (Å²) < 4.78 is 41.3. The molecule has 0 saturated heterocycles. The Morgan fingerprint density at radius 1 is 1.13 bits per heavy atom. The number of nitrogens with zero attached hydrogens (tertiary/aromatic N) is 1. The second-order valence-electron chi connectivity index (χ2n) is 5.76. The summed E-state index contributed by atoms with van der Waals surface area (Å²) >= 11 is 0. The van der Waals surface area contributed by atoms with E-state index in [9.17, 15) is 12.8 Å². The Balaban J connectivity index is 2.34. The zero-order chi connectivity index (χ0) is 17.0. The summed E-state index contributed by atoms with van der Waals surface area (Å²) in [4.78, 5) is 2.01. The van der Waals surface area contributed by atoms with E-state index in [1.165, 1.54) is 12.1 Å². The minimum atomic E-state index is -3.74. The van der Waals surface area contributed by atoms with Crippen molar-refractivity contribution in [3.05, 3.63) is 65.5 Å². The second kappa shape index (κ2) is 7.21. The molecule has 1 atom stereocenters. The number of hydrogen-bond donors (Lipinski definition) is 1. The van der Waals surface area contributed by atoms with Crippen molar-refractivity contribution >= 4 is 10.0 Å². The molecular weight excluding hydrogens is 315 g/mol. The van der Waals surface area contributed by atoms with Crippen molar-refractivity contribution in [2.75, 3.05) is 20.6 Å². The molecule has 2 aromatic carbocycles. The first-order chi connectivity index (χ1) is 10.8. The van der Waals surface area contributed by atoms with Gasteiger partial charge in [0, 0.05) is 6.54 Å². The van der Waals surface area contributed by atoms with E-state index in [1.54, 1.807) is 6.92 Å². The number of benzene rings is 2. The molecule has 0 amide bonds. The Hall–Kier alpha value is -1.76. The largest absolute Gasteiger partial charge is 0.307 e. The molecule has 0 radical (unpaired) electrons. The third kappa shape index (κ3) is 4.60. The van der Waals surface area contributed by atoms with Crippen LogP contribution in [0.3, 0.4) is 0 Å². The van der Waals surface area contributed by atoms with Crippen LogP contribution in [0.15, 0.2) is 53.4 Å². The van der Waals surface area contributed by atoms with Crippen LogP contribution in [0.25, 0.3) is 0 Å². The van der Waals surface area contributed by atoms with Gasteiger partial charge in [0.1, 0.15) is 5.82 Å². The topological polar surface area (TPSA) is 49.4 Å². The van der Waals surface area contributed by atoms with Crippen LogP contribution in [0, 0.1) is 12.7 Å². The van der Waals surface area contributed by atoms with Gasteiger partial charge in [0.15, 0.2) is 0 Å². The highest BCUT2D eigenvalue weighted by atomic mass is 32.2. The van der Waals surface area contributed by atoms with Crippen LogP contribution in [-0.4, -0.2) is 34.0 Å². The summed E-state index contributed by atoms with van der Waals surface area (Å²) in [5.74, 6) is -0.450. The van der Waals surface area contributed by atoms with Gasteiger partial charge in [-0.05, 0) is 50.3 Å². The standard InChI is InChI=1S/C17H21FN2O2S/c1-13-11-15(18)9-10-17(13)23(21,22)19-16(12-20(2)3)14-7-5-4-6-8-14/h4-11,16,19H,12H2,1-3H3. The van der Waals surface area contributed by atoms with E-state index in [0.29, 0.717) is 12.1 Å². The van der Waals surface area contributed by atoms with E-state index in [-0.39, 0.29) is 10.9 Å². The Kier molecular flexibility index (Phi) is 5.51. The maximum Gasteiger partial charge on any atom is 0.241 e. The van der Waals surface area contributed by atoms with E-state index in [0.717, 1.165) is 11.6 Å². The monoisotopic (exact) mass is 336 g/mol. The predicted octanol–water partition coefficient (Wildman–Crippen LogP) is 2.72. The van der Waals surface area contributed by atoms with Gasteiger partial charge in [-0.2, -0.15) is 0 Å². The van der Waals surface area contributed by atoms with Crippen LogP contribution in [0.1, 0.15) is 17.2 Å². The highest BCUT2D eigenvalue weighted by Crippen LogP contribution is 2.21. The molecule has 0 bridgehead atoms. The van der Waals surface area contributed by atoms with Crippen molar-refractivity contribution in [3.8, 4) is 0 Å². The van der Waals surface area contributed by atoms with Crippen LogP contribution < -0.4 is 4.72 Å². The molecule has 2 rings (SSSR count). The number of halogens is 1. The lowest BCUT2D eigenvalue weighted by Gasteiger charge is -2.23. The van der Waals surface area contributed by atoms with E-state index < -0.39 is 15.8 Å². The summed E-state index contributed by atoms with van der Waals surface area (Å²) in [7, 11) is 0.0206. The van der Waals surface area contributed by atoms with Gasteiger partial charge in [-0.25, -0.2) is 17.5 Å². The lowest BCUT2D eigenvalue weighted by molar-refractivity contribution is 0.363. The molecule has 0 spiro atoms. The molecule has 0 aliphatic carbocycles. The van der Waals surface area contributed by atoms with Crippen molar-refractivity contribution in [2.24, 2.45) is 0 Å². The Morgan fingerprint density at radius 3 is 2.35 bits per heavy atom. The number of sulfonamides is 1. The smallest absolute Gasteiger partial charge is 0.241 e. The maximum absolute atomic E-state index is 13.2. The molecule has 6 heteroatoms. The minimum Gasteiger partial charge on any atom is -0.307 e. The quantitative estimate of drug-likeness (QED) is 0.882. The zero-order valence-corrected chi connectivity index (χ0v) is 14.3. The highest BCUT2D eigenvalue weighted by Gasteiger charge is 2.23. The van der Waals surface area contributed by atoms with Gasteiger partial charge in [0.05, 0.1) is 10.9 Å². The van der Waals surface area contributed by atoms with Crippen LogP contribution in [0.5, 0.6) is 0 Å². The lowest BCUT2D eigenvalue weighted by Crippen LogP contribution is -2.35. The van der Waals surface area contributed by atoms with Gasteiger partial charge in [0.25, 0.3) is 0 Å². The lowest BCUT2D eigenvalue weighted by atomic mass is 10.1. The van der Waals surface area contributed by atoms with Crippen molar-refractivity contribution < 1.29 is 12.8 Å². The highest BCUT2D eigenvalue weighted by molar-refractivity contribution is 7.89. The van der Waals surface area contributed by atoms with E-state index in [1.807, 2.05) is 49.3 Å². The molecule has 0 heterocycles. The average Bonchev–Trinajstić information content (AvgIpc) is 2.46.